The van der Waals surface area contributed by atoms with E-state index in [4.69, 9.17) is 10.5 Å². The van der Waals surface area contributed by atoms with Crippen LogP contribution in [0.3, 0.4) is 0 Å². The van der Waals surface area contributed by atoms with Crippen molar-refractivity contribution < 1.29 is 19.0 Å². The first-order valence-electron chi connectivity index (χ1n) is 10.5. The van der Waals surface area contributed by atoms with Crippen molar-refractivity contribution in [2.45, 2.75) is 26.3 Å². The number of benzene rings is 1. The Morgan fingerprint density at radius 3 is 2.67 bits per heavy atom. The van der Waals surface area contributed by atoms with Crippen molar-refractivity contribution in [1.82, 2.24) is 21.0 Å². The first kappa shape index (κ1) is 25.9. The molecule has 0 aliphatic carbocycles. The molecule has 10 heteroatoms. The van der Waals surface area contributed by atoms with Crippen LogP contribution in [0.1, 0.15) is 34.8 Å². The molecule has 1 amide bonds. The Kier molecular flexibility index (Phi) is 9.46. The van der Waals surface area contributed by atoms with E-state index >= 15 is 0 Å². The van der Waals surface area contributed by atoms with E-state index < -0.39 is 17.2 Å². The summed E-state index contributed by atoms with van der Waals surface area (Å²) in [6, 6.07) is 7.86. The van der Waals surface area contributed by atoms with Gasteiger partial charge in [0, 0.05) is 25.9 Å². The third kappa shape index (κ3) is 6.13. The third-order valence-corrected chi connectivity index (χ3v) is 5.01. The monoisotopic (exact) mass is 459 g/mol. The number of amides is 1. The molecule has 0 bridgehead atoms. The Labute approximate surface area is 191 Å². The SMILES string of the molecule is CCOCCNC(=O)c1c(O)c2ncc(Cc3ccc(F)cc3)cc2n(CCCN)c1=O.N. The van der Waals surface area contributed by atoms with Gasteiger partial charge in [-0.3, -0.25) is 14.6 Å². The predicted molar refractivity (Wildman–Crippen MR) is 124 cm³/mol. The second-order valence-corrected chi connectivity index (χ2v) is 7.29. The Morgan fingerprint density at radius 2 is 2.00 bits per heavy atom. The van der Waals surface area contributed by atoms with Crippen LogP contribution in [0.4, 0.5) is 4.39 Å². The Hall–Kier alpha value is -3.34. The van der Waals surface area contributed by atoms with Gasteiger partial charge in [-0.15, -0.1) is 0 Å². The molecule has 1 aromatic carbocycles. The van der Waals surface area contributed by atoms with E-state index in [2.05, 4.69) is 10.3 Å². The number of ether oxygens (including phenoxy) is 1. The number of aromatic hydroxyl groups is 1. The fourth-order valence-electron chi connectivity index (χ4n) is 3.43. The van der Waals surface area contributed by atoms with E-state index in [0.29, 0.717) is 38.1 Å². The zero-order valence-corrected chi connectivity index (χ0v) is 18.6. The third-order valence-electron chi connectivity index (χ3n) is 5.01. The summed E-state index contributed by atoms with van der Waals surface area (Å²) < 4.78 is 19.8. The van der Waals surface area contributed by atoms with Crippen molar-refractivity contribution in [3.63, 3.8) is 0 Å². The molecule has 9 nitrogen and oxygen atoms in total. The summed E-state index contributed by atoms with van der Waals surface area (Å²) in [4.78, 5) is 30.1. The van der Waals surface area contributed by atoms with Gasteiger partial charge in [0.25, 0.3) is 11.5 Å². The lowest BCUT2D eigenvalue weighted by Gasteiger charge is -2.15. The van der Waals surface area contributed by atoms with Crippen molar-refractivity contribution in [1.29, 1.82) is 0 Å². The van der Waals surface area contributed by atoms with E-state index in [9.17, 15) is 19.1 Å². The van der Waals surface area contributed by atoms with Crippen LogP contribution in [-0.4, -0.2) is 46.9 Å². The number of fused-ring (bicyclic) bond motifs is 1. The molecule has 0 unspecified atom stereocenters. The zero-order valence-electron chi connectivity index (χ0n) is 18.6. The summed E-state index contributed by atoms with van der Waals surface area (Å²) in [5, 5.41) is 13.3. The summed E-state index contributed by atoms with van der Waals surface area (Å²) in [6.07, 6.45) is 2.54. The lowest BCUT2D eigenvalue weighted by Crippen LogP contribution is -2.35. The van der Waals surface area contributed by atoms with Gasteiger partial charge in [0.2, 0.25) is 0 Å². The highest BCUT2D eigenvalue weighted by atomic mass is 19.1. The Morgan fingerprint density at radius 1 is 1.27 bits per heavy atom. The topological polar surface area (TPSA) is 154 Å². The van der Waals surface area contributed by atoms with Gasteiger partial charge in [-0.25, -0.2) is 4.39 Å². The molecular weight excluding hydrogens is 429 g/mol. The number of nitrogens with two attached hydrogens (primary N) is 1. The van der Waals surface area contributed by atoms with Crippen LogP contribution in [0.15, 0.2) is 41.3 Å². The van der Waals surface area contributed by atoms with Gasteiger partial charge in [-0.1, -0.05) is 12.1 Å². The van der Waals surface area contributed by atoms with Crippen LogP contribution in [0.25, 0.3) is 11.0 Å². The van der Waals surface area contributed by atoms with Crippen LogP contribution < -0.4 is 22.8 Å². The van der Waals surface area contributed by atoms with Crippen molar-refractivity contribution in [2.75, 3.05) is 26.3 Å². The van der Waals surface area contributed by atoms with Crippen molar-refractivity contribution in [3.05, 3.63) is 69.4 Å². The van der Waals surface area contributed by atoms with Crippen molar-refractivity contribution in [2.24, 2.45) is 5.73 Å². The molecule has 7 N–H and O–H groups in total. The zero-order chi connectivity index (χ0) is 23.1. The normalized spacial score (nSPS) is 10.8. The fourth-order valence-corrected chi connectivity index (χ4v) is 3.43. The first-order chi connectivity index (χ1) is 15.5. The fraction of sp³-hybridized carbons (Fsp3) is 0.348. The standard InChI is InChI=1S/C23H27FN4O4.H3N/c1-2-32-11-9-26-22(30)19-21(29)20-18(28(23(19)31)10-3-8-25)13-16(14-27-20)12-15-4-6-17(24)7-5-15;/h4-7,13-14,29H,2-3,8-12,25H2,1H3,(H,26,30);1H3. The Bertz CT molecular complexity index is 1150. The average molecular weight is 460 g/mol. The number of aromatic nitrogens is 2. The summed E-state index contributed by atoms with van der Waals surface area (Å²) in [5.41, 5.74) is 6.87. The van der Waals surface area contributed by atoms with Gasteiger partial charge < -0.3 is 31.6 Å². The molecule has 0 fully saturated rings. The summed E-state index contributed by atoms with van der Waals surface area (Å²) in [6.45, 7) is 3.47. The maximum atomic E-state index is 13.2. The van der Waals surface area contributed by atoms with Crippen LogP contribution in [0.5, 0.6) is 5.75 Å². The minimum atomic E-state index is -0.687. The van der Waals surface area contributed by atoms with Gasteiger partial charge in [-0.05, 0) is 55.6 Å². The molecule has 178 valence electrons. The summed E-state index contributed by atoms with van der Waals surface area (Å²) in [7, 11) is 0. The number of hydrogen-bond acceptors (Lipinski definition) is 7. The molecule has 0 saturated carbocycles. The number of nitrogens with zero attached hydrogens (tertiary/aromatic N) is 2. The van der Waals surface area contributed by atoms with E-state index in [1.807, 2.05) is 6.92 Å². The second kappa shape index (κ2) is 12.0. The maximum Gasteiger partial charge on any atom is 0.267 e. The number of pyridine rings is 2. The molecule has 0 saturated heterocycles. The predicted octanol–water partition coefficient (Wildman–Crippen LogP) is 2.11. The van der Waals surface area contributed by atoms with Crippen LogP contribution in [0.2, 0.25) is 0 Å². The molecule has 0 aliphatic heterocycles. The summed E-state index contributed by atoms with van der Waals surface area (Å²) >= 11 is 0. The molecule has 2 heterocycles. The number of hydrogen-bond donors (Lipinski definition) is 4. The summed E-state index contributed by atoms with van der Waals surface area (Å²) in [5.74, 6) is -1.47. The van der Waals surface area contributed by atoms with Crippen molar-refractivity contribution in [3.8, 4) is 5.75 Å². The number of nitrogens with one attached hydrogen (secondary N) is 1. The number of halogens is 1. The molecule has 0 atom stereocenters. The second-order valence-electron chi connectivity index (χ2n) is 7.29. The van der Waals surface area contributed by atoms with E-state index in [1.165, 1.54) is 16.7 Å². The maximum absolute atomic E-state index is 13.2. The lowest BCUT2D eigenvalue weighted by molar-refractivity contribution is 0.0918. The molecular formula is C23H30FN5O4. The molecule has 3 rings (SSSR count). The largest absolute Gasteiger partial charge is 0.505 e. The van der Waals surface area contributed by atoms with Crippen LogP contribution >= 0.6 is 0 Å². The quantitative estimate of drug-likeness (QED) is 0.338. The molecule has 3 aromatic rings. The highest BCUT2D eigenvalue weighted by Gasteiger charge is 2.23. The highest BCUT2D eigenvalue weighted by molar-refractivity contribution is 6.01. The lowest BCUT2D eigenvalue weighted by atomic mass is 10.1. The smallest absolute Gasteiger partial charge is 0.267 e. The van der Waals surface area contributed by atoms with Gasteiger partial charge in [0.1, 0.15) is 16.9 Å². The van der Waals surface area contributed by atoms with Gasteiger partial charge in [-0.2, -0.15) is 0 Å². The van der Waals surface area contributed by atoms with E-state index in [-0.39, 0.29) is 36.1 Å². The van der Waals surface area contributed by atoms with E-state index in [0.717, 1.165) is 11.1 Å². The minimum absolute atomic E-state index is 0. The van der Waals surface area contributed by atoms with E-state index in [1.54, 1.807) is 24.4 Å². The number of carbonyl (C=O) groups is 1. The van der Waals surface area contributed by atoms with Crippen LogP contribution in [0, 0.1) is 5.82 Å². The minimum Gasteiger partial charge on any atom is -0.505 e. The molecule has 0 spiro atoms. The number of rotatable bonds is 10. The first-order valence-corrected chi connectivity index (χ1v) is 10.5. The van der Waals surface area contributed by atoms with Gasteiger partial charge in [0.15, 0.2) is 5.75 Å². The average Bonchev–Trinajstić information content (AvgIpc) is 2.78. The molecule has 2 aromatic heterocycles. The van der Waals surface area contributed by atoms with Crippen LogP contribution in [-0.2, 0) is 17.7 Å². The Balaban J connectivity index is 0.00000385. The molecule has 0 aliphatic rings. The highest BCUT2D eigenvalue weighted by Crippen LogP contribution is 2.26. The van der Waals surface area contributed by atoms with Crippen molar-refractivity contribution >= 4 is 16.9 Å². The number of aryl methyl sites for hydroxylation is 1. The molecule has 0 radical (unpaired) electrons. The van der Waals surface area contributed by atoms with Gasteiger partial charge >= 0.3 is 0 Å². The van der Waals surface area contributed by atoms with Gasteiger partial charge in [0.05, 0.1) is 12.1 Å². The molecule has 33 heavy (non-hydrogen) atoms. The number of carbonyl (C=O) groups excluding carboxylic acids is 1.